The second kappa shape index (κ2) is 7.71. The van der Waals surface area contributed by atoms with E-state index in [-0.39, 0.29) is 11.9 Å². The molecule has 1 aromatic rings. The van der Waals surface area contributed by atoms with E-state index in [0.29, 0.717) is 26.0 Å². The highest BCUT2D eigenvalue weighted by molar-refractivity contribution is 5.76. The van der Waals surface area contributed by atoms with Gasteiger partial charge in [0.05, 0.1) is 6.61 Å². The van der Waals surface area contributed by atoms with Gasteiger partial charge in [-0.1, -0.05) is 18.2 Å². The maximum absolute atomic E-state index is 11.5. The number of amides is 1. The molecule has 0 aliphatic carbocycles. The molecule has 1 amide bonds. The van der Waals surface area contributed by atoms with Crippen LogP contribution in [0.15, 0.2) is 24.3 Å². The van der Waals surface area contributed by atoms with Crippen molar-refractivity contribution < 1.29 is 9.53 Å². The minimum absolute atomic E-state index is 0.0290. The van der Waals surface area contributed by atoms with Crippen molar-refractivity contribution in [2.45, 2.75) is 32.7 Å². The van der Waals surface area contributed by atoms with Gasteiger partial charge in [-0.05, 0) is 31.9 Å². The Bertz CT molecular complexity index is 380. The van der Waals surface area contributed by atoms with Gasteiger partial charge in [0.2, 0.25) is 5.91 Å². The highest BCUT2D eigenvalue weighted by atomic mass is 16.5. The molecule has 0 aliphatic heterocycles. The van der Waals surface area contributed by atoms with Gasteiger partial charge >= 0.3 is 0 Å². The van der Waals surface area contributed by atoms with Gasteiger partial charge in [-0.15, -0.1) is 0 Å². The molecule has 3 N–H and O–H groups in total. The average molecular weight is 250 g/mol. The van der Waals surface area contributed by atoms with Crippen LogP contribution >= 0.6 is 0 Å². The molecule has 0 bridgehead atoms. The fraction of sp³-hybridized carbons (Fsp3) is 0.500. The highest BCUT2D eigenvalue weighted by Gasteiger charge is 2.05. The molecule has 1 aromatic carbocycles. The number of nitrogens with one attached hydrogen (secondary N) is 1. The van der Waals surface area contributed by atoms with Crippen LogP contribution < -0.4 is 15.8 Å². The van der Waals surface area contributed by atoms with Crippen LogP contribution in [0.25, 0.3) is 0 Å². The predicted octanol–water partition coefficient (Wildman–Crippen LogP) is 1.62. The molecule has 18 heavy (non-hydrogen) atoms. The third-order valence-electron chi connectivity index (χ3n) is 2.66. The van der Waals surface area contributed by atoms with Gasteiger partial charge in [0.15, 0.2) is 0 Å². The summed E-state index contributed by atoms with van der Waals surface area (Å²) in [5, 5.41) is 2.82. The number of carbonyl (C=O) groups is 1. The van der Waals surface area contributed by atoms with Gasteiger partial charge in [0, 0.05) is 19.0 Å². The van der Waals surface area contributed by atoms with Gasteiger partial charge in [-0.25, -0.2) is 0 Å². The first-order valence-corrected chi connectivity index (χ1v) is 6.31. The van der Waals surface area contributed by atoms with Crippen LogP contribution in [-0.4, -0.2) is 25.1 Å². The molecule has 0 aliphatic rings. The average Bonchev–Trinajstić information content (AvgIpc) is 2.36. The highest BCUT2D eigenvalue weighted by Crippen LogP contribution is 2.16. The first-order valence-electron chi connectivity index (χ1n) is 6.31. The number of benzene rings is 1. The minimum atomic E-state index is 0.0290. The van der Waals surface area contributed by atoms with Gasteiger partial charge in [-0.2, -0.15) is 0 Å². The Hall–Kier alpha value is -1.55. The van der Waals surface area contributed by atoms with Crippen LogP contribution in [0.3, 0.4) is 0 Å². The van der Waals surface area contributed by atoms with Crippen molar-refractivity contribution in [1.29, 1.82) is 0 Å². The molecule has 0 aromatic heterocycles. The van der Waals surface area contributed by atoms with Gasteiger partial charge in [0.25, 0.3) is 0 Å². The Morgan fingerprint density at radius 2 is 2.17 bits per heavy atom. The third-order valence-corrected chi connectivity index (χ3v) is 2.66. The zero-order chi connectivity index (χ0) is 13.4. The molecule has 0 unspecified atom stereocenters. The second-order valence-corrected chi connectivity index (χ2v) is 4.42. The zero-order valence-electron chi connectivity index (χ0n) is 11.1. The molecule has 0 heterocycles. The van der Waals surface area contributed by atoms with E-state index in [4.69, 9.17) is 10.5 Å². The van der Waals surface area contributed by atoms with Crippen LogP contribution in [0, 0.1) is 6.92 Å². The van der Waals surface area contributed by atoms with Crippen molar-refractivity contribution in [2.24, 2.45) is 5.73 Å². The standard InChI is InChI=1S/C14H22N2O2/c1-11-6-3-4-7-13(11)18-9-5-8-14(17)16-12(2)10-15/h3-4,6-7,12H,5,8-10,15H2,1-2H3,(H,16,17)/t12-/m0/s1. The molecular formula is C14H22N2O2. The Balaban J connectivity index is 2.19. The van der Waals surface area contributed by atoms with Crippen molar-refractivity contribution in [3.05, 3.63) is 29.8 Å². The largest absolute Gasteiger partial charge is 0.493 e. The van der Waals surface area contributed by atoms with Crippen LogP contribution in [0.5, 0.6) is 5.75 Å². The number of rotatable bonds is 7. The van der Waals surface area contributed by atoms with Crippen molar-refractivity contribution in [1.82, 2.24) is 5.32 Å². The van der Waals surface area contributed by atoms with Gasteiger partial charge in [0.1, 0.15) is 5.75 Å². The first-order chi connectivity index (χ1) is 8.63. The van der Waals surface area contributed by atoms with Crippen LogP contribution in [0.1, 0.15) is 25.3 Å². The summed E-state index contributed by atoms with van der Waals surface area (Å²) in [7, 11) is 0. The Morgan fingerprint density at radius 1 is 1.44 bits per heavy atom. The lowest BCUT2D eigenvalue weighted by Gasteiger charge is -2.11. The Kier molecular flexibility index (Phi) is 6.22. The minimum Gasteiger partial charge on any atom is -0.493 e. The fourth-order valence-corrected chi connectivity index (χ4v) is 1.54. The topological polar surface area (TPSA) is 64.3 Å². The summed E-state index contributed by atoms with van der Waals surface area (Å²) in [5.74, 6) is 0.912. The maximum atomic E-state index is 11.5. The van der Waals surface area contributed by atoms with Crippen LogP contribution in [0.4, 0.5) is 0 Å². The number of ether oxygens (including phenoxy) is 1. The summed E-state index contributed by atoms with van der Waals surface area (Å²) in [4.78, 5) is 11.5. The maximum Gasteiger partial charge on any atom is 0.220 e. The second-order valence-electron chi connectivity index (χ2n) is 4.42. The number of para-hydroxylation sites is 1. The number of nitrogens with two attached hydrogens (primary N) is 1. The molecule has 0 saturated heterocycles. The number of carbonyl (C=O) groups excluding carboxylic acids is 1. The van der Waals surface area contributed by atoms with Gasteiger partial charge < -0.3 is 15.8 Å². The molecule has 0 spiro atoms. The number of hydrogen-bond acceptors (Lipinski definition) is 3. The molecule has 100 valence electrons. The third kappa shape index (κ3) is 5.19. The lowest BCUT2D eigenvalue weighted by Crippen LogP contribution is -2.37. The molecule has 4 heteroatoms. The molecular weight excluding hydrogens is 228 g/mol. The zero-order valence-corrected chi connectivity index (χ0v) is 11.1. The lowest BCUT2D eigenvalue weighted by atomic mass is 10.2. The summed E-state index contributed by atoms with van der Waals surface area (Å²) < 4.78 is 5.61. The summed E-state index contributed by atoms with van der Waals surface area (Å²) in [5.41, 5.74) is 6.54. The lowest BCUT2D eigenvalue weighted by molar-refractivity contribution is -0.121. The van der Waals surface area contributed by atoms with Crippen LogP contribution in [0.2, 0.25) is 0 Å². The number of hydrogen-bond donors (Lipinski definition) is 2. The Morgan fingerprint density at radius 3 is 2.83 bits per heavy atom. The summed E-state index contributed by atoms with van der Waals surface area (Å²) in [6.45, 7) is 4.91. The summed E-state index contributed by atoms with van der Waals surface area (Å²) in [6.07, 6.45) is 1.17. The molecule has 1 atom stereocenters. The first kappa shape index (κ1) is 14.5. The molecule has 0 fully saturated rings. The van der Waals surface area contributed by atoms with E-state index < -0.39 is 0 Å². The van der Waals surface area contributed by atoms with Crippen molar-refractivity contribution in [3.8, 4) is 5.75 Å². The van der Waals surface area contributed by atoms with E-state index in [0.717, 1.165) is 11.3 Å². The SMILES string of the molecule is Cc1ccccc1OCCCC(=O)N[C@@H](C)CN. The van der Waals surface area contributed by atoms with E-state index in [1.54, 1.807) is 0 Å². The van der Waals surface area contributed by atoms with E-state index in [2.05, 4.69) is 5.32 Å². The van der Waals surface area contributed by atoms with Gasteiger partial charge in [-0.3, -0.25) is 4.79 Å². The van der Waals surface area contributed by atoms with E-state index in [1.165, 1.54) is 0 Å². The molecule has 4 nitrogen and oxygen atoms in total. The normalized spacial score (nSPS) is 11.9. The Labute approximate surface area is 109 Å². The monoisotopic (exact) mass is 250 g/mol. The summed E-state index contributed by atoms with van der Waals surface area (Å²) >= 11 is 0. The van der Waals surface area contributed by atoms with E-state index >= 15 is 0 Å². The smallest absolute Gasteiger partial charge is 0.220 e. The van der Waals surface area contributed by atoms with Crippen molar-refractivity contribution in [2.75, 3.05) is 13.2 Å². The molecule has 0 saturated carbocycles. The summed E-state index contributed by atoms with van der Waals surface area (Å²) in [6, 6.07) is 7.90. The fourth-order valence-electron chi connectivity index (χ4n) is 1.54. The van der Waals surface area contributed by atoms with E-state index in [1.807, 2.05) is 38.1 Å². The molecule has 1 rings (SSSR count). The quantitative estimate of drug-likeness (QED) is 0.723. The van der Waals surface area contributed by atoms with E-state index in [9.17, 15) is 4.79 Å². The van der Waals surface area contributed by atoms with Crippen molar-refractivity contribution in [3.63, 3.8) is 0 Å². The number of aryl methyl sites for hydroxylation is 1. The van der Waals surface area contributed by atoms with Crippen molar-refractivity contribution >= 4 is 5.91 Å². The predicted molar refractivity (Wildman–Crippen MR) is 72.6 cm³/mol. The molecule has 0 radical (unpaired) electrons. The van der Waals surface area contributed by atoms with Crippen LogP contribution in [-0.2, 0) is 4.79 Å².